The van der Waals surface area contributed by atoms with Crippen molar-refractivity contribution in [3.63, 3.8) is 0 Å². The molecule has 3 rings (SSSR count). The molecule has 0 radical (unpaired) electrons. The van der Waals surface area contributed by atoms with E-state index in [2.05, 4.69) is 15.5 Å². The van der Waals surface area contributed by atoms with Crippen molar-refractivity contribution in [1.29, 1.82) is 0 Å². The zero-order chi connectivity index (χ0) is 16.9. The molecule has 124 valence electrons. The molecule has 0 unspecified atom stereocenters. The Bertz CT molecular complexity index is 839. The van der Waals surface area contributed by atoms with Crippen molar-refractivity contribution in [2.24, 2.45) is 0 Å². The van der Waals surface area contributed by atoms with Gasteiger partial charge in [0, 0.05) is 11.4 Å². The Hall–Kier alpha value is -2.52. The van der Waals surface area contributed by atoms with Crippen molar-refractivity contribution >= 4 is 40.4 Å². The second-order valence-electron chi connectivity index (χ2n) is 4.83. The van der Waals surface area contributed by atoms with Gasteiger partial charge in [-0.05, 0) is 18.4 Å². The summed E-state index contributed by atoms with van der Waals surface area (Å²) in [4.78, 5) is 28.9. The highest BCUT2D eigenvalue weighted by Gasteiger charge is 2.13. The van der Waals surface area contributed by atoms with Crippen LogP contribution in [-0.4, -0.2) is 28.6 Å². The van der Waals surface area contributed by atoms with Gasteiger partial charge in [0.15, 0.2) is 12.4 Å². The second-order valence-corrected chi connectivity index (χ2v) is 6.64. The van der Waals surface area contributed by atoms with Gasteiger partial charge in [0.1, 0.15) is 10.8 Å². The number of anilines is 1. The van der Waals surface area contributed by atoms with E-state index in [4.69, 9.17) is 9.26 Å². The minimum absolute atomic E-state index is 0.0260. The highest BCUT2D eigenvalue weighted by atomic mass is 32.1. The Balaban J connectivity index is 1.46. The van der Waals surface area contributed by atoms with E-state index in [1.807, 2.05) is 22.9 Å². The third-order valence-electron chi connectivity index (χ3n) is 2.87. The maximum Gasteiger partial charge on any atom is 0.312 e. The van der Waals surface area contributed by atoms with Gasteiger partial charge in [-0.2, -0.15) is 0 Å². The third-order valence-corrected chi connectivity index (χ3v) is 4.80. The zero-order valence-corrected chi connectivity index (χ0v) is 14.3. The lowest BCUT2D eigenvalue weighted by molar-refractivity contribution is -0.146. The fraction of sp³-hybridized carbons (Fsp3) is 0.200. The Labute approximate surface area is 145 Å². The molecule has 0 fully saturated rings. The van der Waals surface area contributed by atoms with Gasteiger partial charge in [-0.3, -0.25) is 9.59 Å². The summed E-state index contributed by atoms with van der Waals surface area (Å²) in [7, 11) is 0. The third kappa shape index (κ3) is 4.27. The van der Waals surface area contributed by atoms with Gasteiger partial charge in [0.2, 0.25) is 0 Å². The number of thiophene rings is 1. The van der Waals surface area contributed by atoms with E-state index in [1.54, 1.807) is 24.3 Å². The number of hydrogen-bond donors (Lipinski definition) is 1. The number of aryl methyl sites for hydroxylation is 1. The van der Waals surface area contributed by atoms with Crippen molar-refractivity contribution in [3.05, 3.63) is 40.4 Å². The number of aromatic nitrogens is 2. The minimum atomic E-state index is -0.510. The van der Waals surface area contributed by atoms with Crippen molar-refractivity contribution < 1.29 is 18.8 Å². The first-order chi connectivity index (χ1) is 11.6. The second kappa shape index (κ2) is 7.37. The molecule has 0 spiro atoms. The van der Waals surface area contributed by atoms with Crippen LogP contribution in [0.15, 0.2) is 33.5 Å². The van der Waals surface area contributed by atoms with Gasteiger partial charge in [-0.1, -0.05) is 11.2 Å². The van der Waals surface area contributed by atoms with Crippen LogP contribution in [-0.2, 0) is 20.7 Å². The number of rotatable bonds is 6. The Morgan fingerprint density at radius 1 is 1.38 bits per heavy atom. The summed E-state index contributed by atoms with van der Waals surface area (Å²) in [5.74, 6) is -0.125. The van der Waals surface area contributed by atoms with Crippen LogP contribution in [0, 0.1) is 6.92 Å². The summed E-state index contributed by atoms with van der Waals surface area (Å²) >= 11 is 3.06. The molecule has 24 heavy (non-hydrogen) atoms. The first-order valence-electron chi connectivity index (χ1n) is 6.97. The number of carbonyl (C=O) groups excluding carboxylic acids is 2. The quantitative estimate of drug-likeness (QED) is 0.677. The average molecular weight is 363 g/mol. The fourth-order valence-electron chi connectivity index (χ4n) is 1.85. The topological polar surface area (TPSA) is 94.3 Å². The molecule has 1 N–H and O–H groups in total. The zero-order valence-electron chi connectivity index (χ0n) is 12.6. The van der Waals surface area contributed by atoms with Gasteiger partial charge in [-0.25, -0.2) is 4.98 Å². The average Bonchev–Trinajstić information content (AvgIpc) is 3.27. The number of nitrogens with zero attached hydrogens (tertiary/aromatic N) is 2. The molecule has 0 saturated carbocycles. The number of carbonyl (C=O) groups is 2. The first-order valence-corrected chi connectivity index (χ1v) is 8.73. The normalized spacial score (nSPS) is 10.5. The van der Waals surface area contributed by atoms with Crippen LogP contribution in [0.25, 0.3) is 9.88 Å². The summed E-state index contributed by atoms with van der Waals surface area (Å²) < 4.78 is 9.77. The minimum Gasteiger partial charge on any atom is -0.455 e. The molecule has 9 heteroatoms. The molecule has 7 nitrogen and oxygen atoms in total. The van der Waals surface area contributed by atoms with Gasteiger partial charge >= 0.3 is 5.97 Å². The van der Waals surface area contributed by atoms with Gasteiger partial charge in [-0.15, -0.1) is 22.7 Å². The highest BCUT2D eigenvalue weighted by Crippen LogP contribution is 2.27. The smallest absolute Gasteiger partial charge is 0.312 e. The first kappa shape index (κ1) is 16.3. The summed E-state index contributed by atoms with van der Waals surface area (Å²) in [6, 6.07) is 5.49. The van der Waals surface area contributed by atoms with E-state index in [0.717, 1.165) is 9.88 Å². The van der Waals surface area contributed by atoms with Crippen LogP contribution < -0.4 is 5.32 Å². The van der Waals surface area contributed by atoms with Crippen molar-refractivity contribution in [1.82, 2.24) is 10.1 Å². The molecular formula is C15H13N3O4S2. The van der Waals surface area contributed by atoms with Gasteiger partial charge in [0.05, 0.1) is 17.0 Å². The van der Waals surface area contributed by atoms with Crippen LogP contribution in [0.5, 0.6) is 0 Å². The molecule has 0 aliphatic carbocycles. The molecule has 0 saturated heterocycles. The summed E-state index contributed by atoms with van der Waals surface area (Å²) in [6.07, 6.45) is 0.0260. The van der Waals surface area contributed by atoms with Crippen LogP contribution in [0.1, 0.15) is 11.5 Å². The Morgan fingerprint density at radius 3 is 2.96 bits per heavy atom. The van der Waals surface area contributed by atoms with E-state index in [0.29, 0.717) is 11.5 Å². The predicted octanol–water partition coefficient (Wildman–Crippen LogP) is 2.89. The van der Waals surface area contributed by atoms with Crippen LogP contribution >= 0.6 is 22.7 Å². The summed E-state index contributed by atoms with van der Waals surface area (Å²) in [6.45, 7) is 1.33. The monoisotopic (exact) mass is 363 g/mol. The van der Waals surface area contributed by atoms with Crippen LogP contribution in [0.3, 0.4) is 0 Å². The molecule has 1 amide bonds. The molecule has 0 aliphatic rings. The number of ether oxygens (including phenoxy) is 1. The molecule has 0 aliphatic heterocycles. The standard InChI is InChI=1S/C15H13N3O4S2/c1-9-5-12(18-22-9)17-13(19)7-21-14(20)6-10-8-24-15(16-10)11-3-2-4-23-11/h2-5,8H,6-7H2,1H3,(H,17,18,19). The molecule has 0 aromatic carbocycles. The molecule has 3 aromatic heterocycles. The number of esters is 1. The Kier molecular flexibility index (Phi) is 5.02. The van der Waals surface area contributed by atoms with Crippen molar-refractivity contribution in [2.45, 2.75) is 13.3 Å². The number of thiazole rings is 1. The van der Waals surface area contributed by atoms with Crippen molar-refractivity contribution in [3.8, 4) is 9.88 Å². The maximum atomic E-state index is 11.8. The largest absolute Gasteiger partial charge is 0.455 e. The van der Waals surface area contributed by atoms with Gasteiger partial charge in [0.25, 0.3) is 5.91 Å². The van der Waals surface area contributed by atoms with E-state index in [9.17, 15) is 9.59 Å². The van der Waals surface area contributed by atoms with E-state index < -0.39 is 11.9 Å². The highest BCUT2D eigenvalue weighted by molar-refractivity contribution is 7.20. The van der Waals surface area contributed by atoms with Crippen LogP contribution in [0.2, 0.25) is 0 Å². The van der Waals surface area contributed by atoms with Crippen LogP contribution in [0.4, 0.5) is 5.82 Å². The van der Waals surface area contributed by atoms with Crippen molar-refractivity contribution in [2.75, 3.05) is 11.9 Å². The molecule has 0 atom stereocenters. The number of nitrogens with one attached hydrogen (secondary N) is 1. The van der Waals surface area contributed by atoms with Gasteiger partial charge < -0.3 is 14.6 Å². The number of amides is 1. The van der Waals surface area contributed by atoms with E-state index in [1.165, 1.54) is 11.3 Å². The maximum absolute atomic E-state index is 11.8. The number of hydrogen-bond acceptors (Lipinski definition) is 8. The molecule has 3 heterocycles. The SMILES string of the molecule is Cc1cc(NC(=O)COC(=O)Cc2csc(-c3cccs3)n2)no1. The summed E-state index contributed by atoms with van der Waals surface area (Å²) in [5, 5.41) is 10.7. The summed E-state index contributed by atoms with van der Waals surface area (Å²) in [5.41, 5.74) is 0.626. The molecule has 0 bridgehead atoms. The lowest BCUT2D eigenvalue weighted by Gasteiger charge is -2.03. The lowest BCUT2D eigenvalue weighted by Crippen LogP contribution is -2.21. The fourth-order valence-corrected chi connectivity index (χ4v) is 3.48. The van der Waals surface area contributed by atoms with E-state index >= 15 is 0 Å². The Morgan fingerprint density at radius 2 is 2.25 bits per heavy atom. The lowest BCUT2D eigenvalue weighted by atomic mass is 10.3. The molecular weight excluding hydrogens is 350 g/mol. The van der Waals surface area contributed by atoms with E-state index in [-0.39, 0.29) is 18.8 Å². The molecule has 3 aromatic rings. The predicted molar refractivity (Wildman–Crippen MR) is 90.0 cm³/mol.